The molecule has 0 saturated heterocycles. The molecule has 0 radical (unpaired) electrons. The molecule has 0 aliphatic rings. The van der Waals surface area contributed by atoms with E-state index in [0.29, 0.717) is 31.2 Å². The lowest BCUT2D eigenvalue weighted by atomic mass is 10.2. The van der Waals surface area contributed by atoms with Gasteiger partial charge in [0.2, 0.25) is 0 Å². The molecule has 0 bridgehead atoms. The van der Waals surface area contributed by atoms with Crippen molar-refractivity contribution in [3.8, 4) is 0 Å². The maximum Gasteiger partial charge on any atom is 0.316 e. The van der Waals surface area contributed by atoms with Crippen LogP contribution >= 0.6 is 0 Å². The first kappa shape index (κ1) is 16.9. The summed E-state index contributed by atoms with van der Waals surface area (Å²) in [5.74, 6) is -0.248. The Hall–Kier alpha value is -2.12. The predicted molar refractivity (Wildman–Crippen MR) is 80.2 cm³/mol. The molecule has 7 nitrogen and oxygen atoms in total. The van der Waals surface area contributed by atoms with E-state index in [9.17, 15) is 9.59 Å². The molecule has 0 fully saturated rings. The number of hydrogen-bond acceptors (Lipinski definition) is 4. The van der Waals surface area contributed by atoms with Gasteiger partial charge in [-0.1, -0.05) is 0 Å². The highest BCUT2D eigenvalue weighted by Crippen LogP contribution is 2.13. The number of nitrogens with two attached hydrogens (primary N) is 1. The fourth-order valence-corrected chi connectivity index (χ4v) is 1.53. The zero-order valence-electron chi connectivity index (χ0n) is 12.2. The van der Waals surface area contributed by atoms with Crippen LogP contribution in [0.25, 0.3) is 0 Å². The first-order valence-electron chi connectivity index (χ1n) is 6.69. The van der Waals surface area contributed by atoms with Crippen molar-refractivity contribution in [1.82, 2.24) is 0 Å². The van der Waals surface area contributed by atoms with Crippen molar-refractivity contribution in [1.29, 1.82) is 0 Å². The molecule has 1 aromatic carbocycles. The van der Waals surface area contributed by atoms with E-state index in [4.69, 9.17) is 15.2 Å². The zero-order chi connectivity index (χ0) is 15.7. The van der Waals surface area contributed by atoms with Crippen LogP contribution in [0.2, 0.25) is 0 Å². The number of anilines is 2. The molecule has 1 atom stereocenters. The lowest BCUT2D eigenvalue weighted by molar-refractivity contribution is -0.127. The third-order valence-corrected chi connectivity index (χ3v) is 2.59. The Balaban J connectivity index is 2.41. The summed E-state index contributed by atoms with van der Waals surface area (Å²) in [5, 5.41) is 5.15. The number of primary amides is 1. The van der Waals surface area contributed by atoms with Gasteiger partial charge in [0.15, 0.2) is 0 Å². The molecule has 7 heteroatoms. The van der Waals surface area contributed by atoms with Gasteiger partial charge >= 0.3 is 6.03 Å². The van der Waals surface area contributed by atoms with Gasteiger partial charge in [-0.15, -0.1) is 0 Å². The van der Waals surface area contributed by atoms with E-state index in [1.165, 1.54) is 0 Å². The van der Waals surface area contributed by atoms with Gasteiger partial charge in [-0.25, -0.2) is 4.79 Å². The Bertz CT molecular complexity index is 462. The maximum atomic E-state index is 11.9. The molecule has 0 spiro atoms. The molecule has 0 unspecified atom stereocenters. The standard InChI is InChI=1S/C14H21N3O4/c1-3-20-8-9-21-10(2)13(18)16-11-4-6-12(7-5-11)17-14(15)19/h4-7,10H,3,8-9H2,1-2H3,(H,16,18)(H3,15,17,19)/t10-/m0/s1. The fourth-order valence-electron chi connectivity index (χ4n) is 1.53. The van der Waals surface area contributed by atoms with Crippen LogP contribution in [-0.4, -0.2) is 37.9 Å². The summed E-state index contributed by atoms with van der Waals surface area (Å²) in [4.78, 5) is 22.6. The monoisotopic (exact) mass is 295 g/mol. The smallest absolute Gasteiger partial charge is 0.316 e. The lowest BCUT2D eigenvalue weighted by Gasteiger charge is -2.13. The molecule has 21 heavy (non-hydrogen) atoms. The Morgan fingerprint density at radius 1 is 1.14 bits per heavy atom. The van der Waals surface area contributed by atoms with Crippen molar-refractivity contribution in [2.24, 2.45) is 5.73 Å². The molecular formula is C14H21N3O4. The van der Waals surface area contributed by atoms with Crippen molar-refractivity contribution in [2.45, 2.75) is 20.0 Å². The van der Waals surface area contributed by atoms with Crippen molar-refractivity contribution in [3.05, 3.63) is 24.3 Å². The minimum Gasteiger partial charge on any atom is -0.379 e. The fraction of sp³-hybridized carbons (Fsp3) is 0.429. The largest absolute Gasteiger partial charge is 0.379 e. The summed E-state index contributed by atoms with van der Waals surface area (Å²) in [6.45, 7) is 5.01. The van der Waals surface area contributed by atoms with Crippen LogP contribution in [-0.2, 0) is 14.3 Å². The highest BCUT2D eigenvalue weighted by atomic mass is 16.5. The van der Waals surface area contributed by atoms with Gasteiger partial charge in [0.1, 0.15) is 6.10 Å². The third kappa shape index (κ3) is 6.73. The van der Waals surface area contributed by atoms with Crippen molar-refractivity contribution in [2.75, 3.05) is 30.5 Å². The molecule has 1 rings (SSSR count). The van der Waals surface area contributed by atoms with Gasteiger partial charge in [-0.05, 0) is 38.1 Å². The Morgan fingerprint density at radius 2 is 1.71 bits per heavy atom. The second-order valence-corrected chi connectivity index (χ2v) is 4.27. The quantitative estimate of drug-likeness (QED) is 0.633. The molecule has 0 aliphatic heterocycles. The predicted octanol–water partition coefficient (Wildman–Crippen LogP) is 1.56. The molecule has 1 aromatic rings. The SMILES string of the molecule is CCOCCO[C@@H](C)C(=O)Nc1ccc(NC(N)=O)cc1. The van der Waals surface area contributed by atoms with E-state index >= 15 is 0 Å². The van der Waals surface area contributed by atoms with E-state index in [-0.39, 0.29) is 5.91 Å². The Labute approximate surface area is 123 Å². The van der Waals surface area contributed by atoms with Gasteiger partial charge in [-0.2, -0.15) is 0 Å². The van der Waals surface area contributed by atoms with Crippen LogP contribution in [0, 0.1) is 0 Å². The van der Waals surface area contributed by atoms with Gasteiger partial charge < -0.3 is 25.8 Å². The second-order valence-electron chi connectivity index (χ2n) is 4.27. The van der Waals surface area contributed by atoms with Crippen LogP contribution in [0.15, 0.2) is 24.3 Å². The van der Waals surface area contributed by atoms with Crippen molar-refractivity contribution >= 4 is 23.3 Å². The normalized spacial score (nSPS) is 11.7. The zero-order valence-corrected chi connectivity index (χ0v) is 12.2. The highest BCUT2D eigenvalue weighted by Gasteiger charge is 2.13. The molecular weight excluding hydrogens is 274 g/mol. The average Bonchev–Trinajstić information content (AvgIpc) is 2.45. The van der Waals surface area contributed by atoms with E-state index in [2.05, 4.69) is 10.6 Å². The molecule has 0 heterocycles. The summed E-state index contributed by atoms with van der Waals surface area (Å²) >= 11 is 0. The van der Waals surface area contributed by atoms with Gasteiger partial charge in [0, 0.05) is 18.0 Å². The summed E-state index contributed by atoms with van der Waals surface area (Å²) in [7, 11) is 0. The summed E-state index contributed by atoms with van der Waals surface area (Å²) in [5.41, 5.74) is 6.17. The molecule has 116 valence electrons. The van der Waals surface area contributed by atoms with Crippen molar-refractivity contribution < 1.29 is 19.1 Å². The number of benzene rings is 1. The summed E-state index contributed by atoms with van der Waals surface area (Å²) < 4.78 is 10.5. The Morgan fingerprint density at radius 3 is 2.24 bits per heavy atom. The number of carbonyl (C=O) groups is 2. The number of ether oxygens (including phenoxy) is 2. The Kier molecular flexibility index (Phi) is 7.20. The first-order chi connectivity index (χ1) is 10.0. The average molecular weight is 295 g/mol. The van der Waals surface area contributed by atoms with Crippen LogP contribution in [0.5, 0.6) is 0 Å². The number of amides is 3. The number of rotatable bonds is 8. The number of hydrogen-bond donors (Lipinski definition) is 3. The highest BCUT2D eigenvalue weighted by molar-refractivity contribution is 5.94. The number of urea groups is 1. The van der Waals surface area contributed by atoms with E-state index in [1.54, 1.807) is 31.2 Å². The minimum absolute atomic E-state index is 0.248. The van der Waals surface area contributed by atoms with Crippen LogP contribution in [0.1, 0.15) is 13.8 Å². The molecule has 0 aromatic heterocycles. The van der Waals surface area contributed by atoms with E-state index in [0.717, 1.165) is 0 Å². The molecule has 0 aliphatic carbocycles. The number of nitrogens with one attached hydrogen (secondary N) is 2. The third-order valence-electron chi connectivity index (χ3n) is 2.59. The number of carbonyl (C=O) groups excluding carboxylic acids is 2. The molecule has 0 saturated carbocycles. The van der Waals surface area contributed by atoms with Crippen LogP contribution in [0.4, 0.5) is 16.2 Å². The first-order valence-corrected chi connectivity index (χ1v) is 6.69. The van der Waals surface area contributed by atoms with Crippen LogP contribution < -0.4 is 16.4 Å². The topological polar surface area (TPSA) is 103 Å². The van der Waals surface area contributed by atoms with Gasteiger partial charge in [0.05, 0.1) is 13.2 Å². The van der Waals surface area contributed by atoms with Gasteiger partial charge in [0.25, 0.3) is 5.91 Å². The van der Waals surface area contributed by atoms with E-state index < -0.39 is 12.1 Å². The van der Waals surface area contributed by atoms with Crippen LogP contribution in [0.3, 0.4) is 0 Å². The summed E-state index contributed by atoms with van der Waals surface area (Å²) in [6.07, 6.45) is -0.575. The molecule has 4 N–H and O–H groups in total. The lowest BCUT2D eigenvalue weighted by Crippen LogP contribution is -2.28. The van der Waals surface area contributed by atoms with Gasteiger partial charge in [-0.3, -0.25) is 4.79 Å². The maximum absolute atomic E-state index is 11.9. The van der Waals surface area contributed by atoms with E-state index in [1.807, 2.05) is 6.92 Å². The second kappa shape index (κ2) is 8.93. The molecule has 3 amide bonds. The summed E-state index contributed by atoms with van der Waals surface area (Å²) in [6, 6.07) is 5.97. The van der Waals surface area contributed by atoms with Crippen molar-refractivity contribution in [3.63, 3.8) is 0 Å². The minimum atomic E-state index is -0.636.